The predicted molar refractivity (Wildman–Crippen MR) is 105 cm³/mol. The number of ketones is 1. The van der Waals surface area contributed by atoms with Crippen molar-refractivity contribution in [3.8, 4) is 0 Å². The minimum absolute atomic E-state index is 0.101. The molecule has 1 aliphatic rings. The third-order valence-electron chi connectivity index (χ3n) is 5.71. The van der Waals surface area contributed by atoms with Gasteiger partial charge >= 0.3 is 5.97 Å². The molecule has 0 aromatic rings. The van der Waals surface area contributed by atoms with E-state index in [-0.39, 0.29) is 18.0 Å². The number of aliphatic hydroxyl groups excluding tert-OH is 1. The molecule has 1 rings (SSSR count). The molecule has 0 aliphatic heterocycles. The van der Waals surface area contributed by atoms with Gasteiger partial charge in [-0.2, -0.15) is 0 Å². The molecule has 0 saturated heterocycles. The van der Waals surface area contributed by atoms with Crippen molar-refractivity contribution < 1.29 is 19.4 Å². The van der Waals surface area contributed by atoms with Crippen LogP contribution in [-0.2, 0) is 14.3 Å². The molecule has 0 radical (unpaired) electrons. The first kappa shape index (κ1) is 23.1. The molecule has 1 fully saturated rings. The molecule has 4 nitrogen and oxygen atoms in total. The van der Waals surface area contributed by atoms with E-state index in [9.17, 15) is 14.7 Å². The minimum Gasteiger partial charge on any atom is -0.466 e. The molecule has 4 heteroatoms. The Bertz CT molecular complexity index is 394. The Morgan fingerprint density at radius 1 is 1.08 bits per heavy atom. The molecule has 0 aromatic heterocycles. The summed E-state index contributed by atoms with van der Waals surface area (Å²) in [6.45, 7) is 4.46. The topological polar surface area (TPSA) is 63.6 Å². The first-order valence-corrected chi connectivity index (χ1v) is 10.9. The zero-order chi connectivity index (χ0) is 19.2. The van der Waals surface area contributed by atoms with Crippen molar-refractivity contribution >= 4 is 11.8 Å². The van der Waals surface area contributed by atoms with Crippen LogP contribution in [0.2, 0.25) is 0 Å². The van der Waals surface area contributed by atoms with Crippen LogP contribution in [0.3, 0.4) is 0 Å². The molecule has 1 aliphatic carbocycles. The number of ether oxygens (including phenoxy) is 1. The van der Waals surface area contributed by atoms with Gasteiger partial charge in [0.05, 0.1) is 12.7 Å². The van der Waals surface area contributed by atoms with E-state index in [0.29, 0.717) is 24.7 Å². The van der Waals surface area contributed by atoms with E-state index in [4.69, 9.17) is 4.74 Å². The summed E-state index contributed by atoms with van der Waals surface area (Å²) in [6.07, 6.45) is 13.3. The van der Waals surface area contributed by atoms with Gasteiger partial charge in [-0.15, -0.1) is 0 Å². The third-order valence-corrected chi connectivity index (χ3v) is 5.71. The van der Waals surface area contributed by atoms with Crippen LogP contribution in [0.25, 0.3) is 0 Å². The van der Waals surface area contributed by atoms with Crippen LogP contribution in [0, 0.1) is 11.8 Å². The molecule has 0 aromatic carbocycles. The predicted octanol–water partition coefficient (Wildman–Crippen LogP) is 5.21. The highest BCUT2D eigenvalue weighted by Gasteiger charge is 2.33. The number of rotatable bonds is 15. The largest absolute Gasteiger partial charge is 0.466 e. The van der Waals surface area contributed by atoms with Crippen molar-refractivity contribution in [1.82, 2.24) is 0 Å². The smallest absolute Gasteiger partial charge is 0.305 e. The Balaban J connectivity index is 2.16. The van der Waals surface area contributed by atoms with Crippen molar-refractivity contribution in [3.05, 3.63) is 0 Å². The highest BCUT2D eigenvalue weighted by molar-refractivity contribution is 5.83. The number of carbonyl (C=O) groups excluding carboxylic acids is 2. The lowest BCUT2D eigenvalue weighted by Crippen LogP contribution is -2.17. The molecular formula is C22H40O4. The maximum absolute atomic E-state index is 12.2. The number of aliphatic hydroxyl groups is 1. The molecule has 0 amide bonds. The Hall–Kier alpha value is -0.900. The number of Topliss-reactive ketones (excluding diaryl/α,β-unsaturated/α-hetero) is 1. The molecule has 1 N–H and O–H groups in total. The lowest BCUT2D eigenvalue weighted by atomic mass is 9.86. The Morgan fingerprint density at radius 2 is 1.85 bits per heavy atom. The third kappa shape index (κ3) is 9.70. The molecule has 152 valence electrons. The maximum Gasteiger partial charge on any atom is 0.305 e. The number of unbranched alkanes of at least 4 members (excludes halogenated alkanes) is 5. The number of hydrogen-bond acceptors (Lipinski definition) is 4. The van der Waals surface area contributed by atoms with Gasteiger partial charge in [-0.1, -0.05) is 45.4 Å². The van der Waals surface area contributed by atoms with Gasteiger partial charge in [0.1, 0.15) is 5.78 Å². The fourth-order valence-electron chi connectivity index (χ4n) is 4.12. The zero-order valence-electron chi connectivity index (χ0n) is 17.0. The molecule has 0 spiro atoms. The second-order valence-corrected chi connectivity index (χ2v) is 7.86. The number of carbonyl (C=O) groups is 2. The lowest BCUT2D eigenvalue weighted by molar-refractivity contribution is -0.143. The van der Waals surface area contributed by atoms with E-state index in [0.717, 1.165) is 70.6 Å². The van der Waals surface area contributed by atoms with Crippen LogP contribution in [0.5, 0.6) is 0 Å². The first-order valence-electron chi connectivity index (χ1n) is 10.9. The first-order chi connectivity index (χ1) is 12.6. The van der Waals surface area contributed by atoms with Gasteiger partial charge in [0, 0.05) is 18.8 Å². The summed E-state index contributed by atoms with van der Waals surface area (Å²) < 4.78 is 4.93. The van der Waals surface area contributed by atoms with E-state index in [1.54, 1.807) is 0 Å². The average Bonchev–Trinajstić information content (AvgIpc) is 2.96. The van der Waals surface area contributed by atoms with Gasteiger partial charge in [-0.05, 0) is 51.4 Å². The molecule has 26 heavy (non-hydrogen) atoms. The van der Waals surface area contributed by atoms with Gasteiger partial charge in [0.15, 0.2) is 0 Å². The summed E-state index contributed by atoms with van der Waals surface area (Å²) in [5.74, 6) is 1.02. The SMILES string of the molecule is CCCCCC(O)CCC1CCC(=O)C1CCCCCCC(=O)OCC. The van der Waals surface area contributed by atoms with E-state index in [2.05, 4.69) is 6.92 Å². The fourth-order valence-corrected chi connectivity index (χ4v) is 4.12. The standard InChI is InChI=1S/C22H40O4/c1-3-5-8-11-19(23)16-14-18-15-17-21(24)20(18)12-9-6-7-10-13-22(25)26-4-2/h18-20,23H,3-17H2,1-2H3. The van der Waals surface area contributed by atoms with Gasteiger partial charge in [0.2, 0.25) is 0 Å². The van der Waals surface area contributed by atoms with Crippen LogP contribution in [-0.4, -0.2) is 29.6 Å². The Morgan fingerprint density at radius 3 is 2.58 bits per heavy atom. The van der Waals surface area contributed by atoms with Gasteiger partial charge < -0.3 is 9.84 Å². The summed E-state index contributed by atoms with van der Waals surface area (Å²) in [7, 11) is 0. The summed E-state index contributed by atoms with van der Waals surface area (Å²) in [5.41, 5.74) is 0. The van der Waals surface area contributed by atoms with Gasteiger partial charge in [0.25, 0.3) is 0 Å². The van der Waals surface area contributed by atoms with E-state index >= 15 is 0 Å². The van der Waals surface area contributed by atoms with Crippen molar-refractivity contribution in [3.63, 3.8) is 0 Å². The Kier molecular flexibility index (Phi) is 12.6. The molecule has 1 saturated carbocycles. The lowest BCUT2D eigenvalue weighted by Gasteiger charge is -2.20. The van der Waals surface area contributed by atoms with E-state index in [1.807, 2.05) is 6.92 Å². The van der Waals surface area contributed by atoms with Crippen molar-refractivity contribution in [2.75, 3.05) is 6.61 Å². The highest BCUT2D eigenvalue weighted by Crippen LogP contribution is 2.36. The van der Waals surface area contributed by atoms with Crippen molar-refractivity contribution in [1.29, 1.82) is 0 Å². The van der Waals surface area contributed by atoms with Crippen LogP contribution in [0.4, 0.5) is 0 Å². The van der Waals surface area contributed by atoms with Crippen LogP contribution in [0.15, 0.2) is 0 Å². The number of esters is 1. The van der Waals surface area contributed by atoms with Gasteiger partial charge in [-0.3, -0.25) is 9.59 Å². The molecule has 3 atom stereocenters. The molecule has 0 heterocycles. The second kappa shape index (κ2) is 14.2. The molecule has 0 bridgehead atoms. The minimum atomic E-state index is -0.194. The van der Waals surface area contributed by atoms with Crippen LogP contribution in [0.1, 0.15) is 104 Å². The summed E-state index contributed by atoms with van der Waals surface area (Å²) >= 11 is 0. The van der Waals surface area contributed by atoms with E-state index < -0.39 is 0 Å². The zero-order valence-corrected chi connectivity index (χ0v) is 17.0. The van der Waals surface area contributed by atoms with Crippen LogP contribution >= 0.6 is 0 Å². The van der Waals surface area contributed by atoms with Crippen molar-refractivity contribution in [2.45, 2.75) is 110 Å². The van der Waals surface area contributed by atoms with Gasteiger partial charge in [-0.25, -0.2) is 0 Å². The average molecular weight is 369 g/mol. The summed E-state index contributed by atoms with van der Waals surface area (Å²) in [5, 5.41) is 10.1. The monoisotopic (exact) mass is 368 g/mol. The normalized spacial score (nSPS) is 21.1. The molecular weight excluding hydrogens is 328 g/mol. The van der Waals surface area contributed by atoms with Crippen LogP contribution < -0.4 is 0 Å². The number of hydrogen-bond donors (Lipinski definition) is 1. The summed E-state index contributed by atoms with van der Waals surface area (Å²) in [6, 6.07) is 0. The molecule has 3 unspecified atom stereocenters. The maximum atomic E-state index is 12.2. The second-order valence-electron chi connectivity index (χ2n) is 7.86. The summed E-state index contributed by atoms with van der Waals surface area (Å²) in [4.78, 5) is 23.5. The Labute approximate surface area is 160 Å². The fraction of sp³-hybridized carbons (Fsp3) is 0.909. The quantitative estimate of drug-likeness (QED) is 0.318. The van der Waals surface area contributed by atoms with Crippen molar-refractivity contribution in [2.24, 2.45) is 11.8 Å². The highest BCUT2D eigenvalue weighted by atomic mass is 16.5. The van der Waals surface area contributed by atoms with E-state index in [1.165, 1.54) is 12.8 Å².